The average molecular weight is 306 g/mol. The molecule has 118 valence electrons. The van der Waals surface area contributed by atoms with Crippen LogP contribution in [0.1, 0.15) is 22.8 Å². The van der Waals surface area contributed by atoms with E-state index in [-0.39, 0.29) is 17.9 Å². The lowest BCUT2D eigenvalue weighted by molar-refractivity contribution is 0.0926. The van der Waals surface area contributed by atoms with Gasteiger partial charge in [0.25, 0.3) is 5.91 Å². The molecule has 2 atom stereocenters. The molecule has 2 unspecified atom stereocenters. The molecule has 0 radical (unpaired) electrons. The highest BCUT2D eigenvalue weighted by Gasteiger charge is 2.12. The van der Waals surface area contributed by atoms with Crippen molar-refractivity contribution in [3.05, 3.63) is 90.5 Å². The van der Waals surface area contributed by atoms with Crippen molar-refractivity contribution in [3.8, 4) is 0 Å². The highest BCUT2D eigenvalue weighted by Crippen LogP contribution is 2.09. The molecule has 1 amide bonds. The van der Waals surface area contributed by atoms with E-state index in [1.807, 2.05) is 66.8 Å². The molecule has 0 saturated heterocycles. The Morgan fingerprint density at radius 1 is 1.04 bits per heavy atom. The maximum absolute atomic E-state index is 12.1. The summed E-state index contributed by atoms with van der Waals surface area (Å²) in [5.74, 6) is 0.0195. The van der Waals surface area contributed by atoms with Gasteiger partial charge in [0.05, 0.1) is 6.04 Å². The van der Waals surface area contributed by atoms with Crippen LogP contribution in [0.2, 0.25) is 0 Å². The highest BCUT2D eigenvalue weighted by molar-refractivity contribution is 5.93. The maximum Gasteiger partial charge on any atom is 0.265 e. The Kier molecular flexibility index (Phi) is 6.33. The van der Waals surface area contributed by atoms with Gasteiger partial charge in [-0.05, 0) is 23.6 Å². The average Bonchev–Trinajstić information content (AvgIpc) is 2.62. The number of benzene rings is 2. The highest BCUT2D eigenvalue weighted by atomic mass is 16.2. The molecule has 0 aliphatic rings. The molecule has 3 nitrogen and oxygen atoms in total. The van der Waals surface area contributed by atoms with Gasteiger partial charge in [-0.15, -0.1) is 6.58 Å². The Balaban J connectivity index is 2.00. The van der Waals surface area contributed by atoms with E-state index in [2.05, 4.69) is 24.4 Å². The molecule has 0 heterocycles. The van der Waals surface area contributed by atoms with E-state index in [1.165, 1.54) is 0 Å². The molecule has 0 saturated carbocycles. The van der Waals surface area contributed by atoms with Crippen LogP contribution in [0.4, 0.5) is 0 Å². The first kappa shape index (κ1) is 16.7. The molecule has 23 heavy (non-hydrogen) atoms. The van der Waals surface area contributed by atoms with Gasteiger partial charge in [0.2, 0.25) is 0 Å². The number of hydrogen-bond acceptors (Lipinski definition) is 2. The van der Waals surface area contributed by atoms with Crippen LogP contribution in [0.3, 0.4) is 0 Å². The molecular weight excluding hydrogens is 284 g/mol. The molecule has 2 aromatic carbocycles. The topological polar surface area (TPSA) is 41.1 Å². The van der Waals surface area contributed by atoms with Crippen molar-refractivity contribution < 1.29 is 4.79 Å². The summed E-state index contributed by atoms with van der Waals surface area (Å²) >= 11 is 0. The van der Waals surface area contributed by atoms with Crippen molar-refractivity contribution >= 4 is 12.0 Å². The first-order chi connectivity index (χ1) is 11.2. The maximum atomic E-state index is 12.1. The van der Waals surface area contributed by atoms with Gasteiger partial charge in [-0.3, -0.25) is 10.2 Å². The molecule has 0 aliphatic carbocycles. The summed E-state index contributed by atoms with van der Waals surface area (Å²) in [4.78, 5) is 12.1. The third-order valence-corrected chi connectivity index (χ3v) is 3.62. The lowest BCUT2D eigenvalue weighted by atomic mass is 10.0. The standard InChI is InChI=1S/C20H22N2O/c1-3-16(2)19(15-14-17-10-6-4-7-11-17)21-22-20(23)18-12-8-5-9-13-18/h3-16,19,21H,1H2,2H3,(H,22,23)/b15-14+. The molecule has 0 aromatic heterocycles. The first-order valence-corrected chi connectivity index (χ1v) is 7.67. The molecule has 0 bridgehead atoms. The van der Waals surface area contributed by atoms with Crippen molar-refractivity contribution in [2.75, 3.05) is 0 Å². The predicted octanol–water partition coefficient (Wildman–Crippen LogP) is 3.83. The minimum atomic E-state index is -0.153. The van der Waals surface area contributed by atoms with Crippen molar-refractivity contribution in [3.63, 3.8) is 0 Å². The van der Waals surface area contributed by atoms with Gasteiger partial charge >= 0.3 is 0 Å². The van der Waals surface area contributed by atoms with E-state index in [1.54, 1.807) is 12.1 Å². The van der Waals surface area contributed by atoms with Crippen LogP contribution in [0.5, 0.6) is 0 Å². The van der Waals surface area contributed by atoms with Gasteiger partial charge in [-0.2, -0.15) is 0 Å². The second kappa shape index (κ2) is 8.71. The molecule has 0 aliphatic heterocycles. The third kappa shape index (κ3) is 5.24. The second-order valence-corrected chi connectivity index (χ2v) is 5.35. The monoisotopic (exact) mass is 306 g/mol. The lowest BCUT2D eigenvalue weighted by Gasteiger charge is -2.20. The van der Waals surface area contributed by atoms with Crippen LogP contribution in [-0.2, 0) is 0 Å². The van der Waals surface area contributed by atoms with Crippen LogP contribution < -0.4 is 10.9 Å². The van der Waals surface area contributed by atoms with Crippen molar-refractivity contribution in [1.29, 1.82) is 0 Å². The summed E-state index contributed by atoms with van der Waals surface area (Å²) in [5.41, 5.74) is 7.58. The van der Waals surface area contributed by atoms with Gasteiger partial charge < -0.3 is 0 Å². The quantitative estimate of drug-likeness (QED) is 0.603. The number of carbonyl (C=O) groups is 1. The van der Waals surface area contributed by atoms with Gasteiger partial charge in [0, 0.05) is 5.56 Å². The van der Waals surface area contributed by atoms with E-state index in [4.69, 9.17) is 0 Å². The Morgan fingerprint density at radius 3 is 2.26 bits per heavy atom. The van der Waals surface area contributed by atoms with Crippen molar-refractivity contribution in [2.45, 2.75) is 13.0 Å². The largest absolute Gasteiger partial charge is 0.287 e. The molecule has 3 heteroatoms. The number of rotatable bonds is 7. The summed E-state index contributed by atoms with van der Waals surface area (Å²) in [6.07, 6.45) is 5.93. The lowest BCUT2D eigenvalue weighted by Crippen LogP contribution is -2.45. The van der Waals surface area contributed by atoms with Crippen molar-refractivity contribution in [2.24, 2.45) is 5.92 Å². The van der Waals surface area contributed by atoms with Gasteiger partial charge in [0.15, 0.2) is 0 Å². The smallest absolute Gasteiger partial charge is 0.265 e. The van der Waals surface area contributed by atoms with E-state index < -0.39 is 0 Å². The van der Waals surface area contributed by atoms with E-state index in [0.29, 0.717) is 5.56 Å². The summed E-state index contributed by atoms with van der Waals surface area (Å²) in [6.45, 7) is 5.89. The van der Waals surface area contributed by atoms with Crippen molar-refractivity contribution in [1.82, 2.24) is 10.9 Å². The van der Waals surface area contributed by atoms with Crippen LogP contribution in [0, 0.1) is 5.92 Å². The number of amides is 1. The van der Waals surface area contributed by atoms with Gasteiger partial charge in [-0.25, -0.2) is 5.43 Å². The fourth-order valence-corrected chi connectivity index (χ4v) is 2.09. The fraction of sp³-hybridized carbons (Fsp3) is 0.150. The zero-order chi connectivity index (χ0) is 16.5. The predicted molar refractivity (Wildman–Crippen MR) is 95.7 cm³/mol. The zero-order valence-electron chi connectivity index (χ0n) is 13.3. The van der Waals surface area contributed by atoms with Gasteiger partial charge in [-0.1, -0.05) is 73.7 Å². The molecule has 2 aromatic rings. The number of carbonyl (C=O) groups excluding carboxylic acids is 1. The Labute approximate surface area is 137 Å². The molecule has 2 rings (SSSR count). The normalized spacial score (nSPS) is 13.4. The minimum Gasteiger partial charge on any atom is -0.287 e. The minimum absolute atomic E-state index is 0.0413. The Bertz CT molecular complexity index is 650. The van der Waals surface area contributed by atoms with Gasteiger partial charge in [0.1, 0.15) is 0 Å². The zero-order valence-corrected chi connectivity index (χ0v) is 13.3. The molecule has 0 fully saturated rings. The van der Waals surface area contributed by atoms with E-state index in [9.17, 15) is 4.79 Å². The molecule has 2 N–H and O–H groups in total. The molecule has 0 spiro atoms. The Hall–Kier alpha value is -2.65. The van der Waals surface area contributed by atoms with Crippen LogP contribution in [0.25, 0.3) is 6.08 Å². The fourth-order valence-electron chi connectivity index (χ4n) is 2.09. The van der Waals surface area contributed by atoms with Crippen LogP contribution in [0.15, 0.2) is 79.4 Å². The first-order valence-electron chi connectivity index (χ1n) is 7.67. The number of hydrogen-bond donors (Lipinski definition) is 2. The third-order valence-electron chi connectivity index (χ3n) is 3.62. The van der Waals surface area contributed by atoms with Crippen LogP contribution in [-0.4, -0.2) is 11.9 Å². The summed E-state index contributed by atoms with van der Waals surface area (Å²) in [5, 5.41) is 0. The summed E-state index contributed by atoms with van der Waals surface area (Å²) < 4.78 is 0. The van der Waals surface area contributed by atoms with E-state index in [0.717, 1.165) is 5.56 Å². The molecular formula is C20H22N2O. The number of hydrazine groups is 1. The Morgan fingerprint density at radius 2 is 1.65 bits per heavy atom. The van der Waals surface area contributed by atoms with Crippen LogP contribution >= 0.6 is 0 Å². The van der Waals surface area contributed by atoms with E-state index >= 15 is 0 Å². The second-order valence-electron chi connectivity index (χ2n) is 5.35. The SMILES string of the molecule is C=CC(C)C(/C=C/c1ccccc1)NNC(=O)c1ccccc1. The number of nitrogens with one attached hydrogen (secondary N) is 2. The summed E-state index contributed by atoms with van der Waals surface area (Å²) in [7, 11) is 0. The summed E-state index contributed by atoms with van der Waals surface area (Å²) in [6, 6.07) is 19.1.